The second-order valence-electron chi connectivity index (χ2n) is 7.79. The second kappa shape index (κ2) is 18.3. The molecule has 3 saturated carbocycles. The molecular formula is C28H38Yb2. The van der Waals surface area contributed by atoms with Crippen LogP contribution in [0.25, 0.3) is 0 Å². The summed E-state index contributed by atoms with van der Waals surface area (Å²) in [7, 11) is 0. The molecule has 3 aliphatic carbocycles. The number of hydrogen-bond acceptors (Lipinski definition) is 0. The van der Waals surface area contributed by atoms with Crippen molar-refractivity contribution in [2.24, 2.45) is 0 Å². The van der Waals surface area contributed by atoms with Crippen molar-refractivity contribution in [1.29, 1.82) is 0 Å². The molecule has 3 fully saturated rings. The Bertz CT molecular complexity index is 266. The largest absolute Gasteiger partial charge is 0.0579 e. The number of hydrogen-bond donors (Lipinski definition) is 0. The molecule has 3 aliphatic rings. The fraction of sp³-hybridized carbons (Fsp3) is 0.357. The Balaban J connectivity index is 0. The van der Waals surface area contributed by atoms with E-state index < -0.39 is 0 Å². The summed E-state index contributed by atoms with van der Waals surface area (Å²) in [5, 5.41) is 0. The van der Waals surface area contributed by atoms with Crippen LogP contribution < -0.4 is 0 Å². The van der Waals surface area contributed by atoms with Crippen molar-refractivity contribution in [2.45, 2.75) is 69.2 Å². The van der Waals surface area contributed by atoms with E-state index in [0.717, 1.165) is 0 Å². The summed E-state index contributed by atoms with van der Waals surface area (Å²) in [6.45, 7) is 22.0. The molecule has 0 spiro atoms. The van der Waals surface area contributed by atoms with Crippen LogP contribution in [0, 0.1) is 204 Å². The summed E-state index contributed by atoms with van der Waals surface area (Å²) >= 11 is 0. The molecule has 0 bridgehead atoms. The molecule has 178 valence electrons. The molecule has 2 heteroatoms. The maximum Gasteiger partial charge on any atom is 0 e. The third-order valence-corrected chi connectivity index (χ3v) is 6.51. The third kappa shape index (κ3) is 10.8. The van der Waals surface area contributed by atoms with E-state index in [9.17, 15) is 0 Å². The van der Waals surface area contributed by atoms with Gasteiger partial charge in [-0.3, -0.25) is 0 Å². The van der Waals surface area contributed by atoms with Gasteiger partial charge >= 0.3 is 0 Å². The van der Waals surface area contributed by atoms with Gasteiger partial charge in [0.25, 0.3) is 0 Å². The standard InChI is InChI=1S/2C10H15.C8H8.2Yb/c2*1-6-7(2)9(4)10(5)8(6)3;1-2-4-6-8-7-5-3-1;;/h2*1-5H3;1-8H;;. The van der Waals surface area contributed by atoms with Crippen LogP contribution in [0.5, 0.6) is 0 Å². The Hall–Kier alpha value is 3.04. The molecule has 18 radical (unpaired) electrons. The zero-order chi connectivity index (χ0) is 21.4. The molecule has 3 rings (SSSR count). The van der Waals surface area contributed by atoms with Gasteiger partial charge in [-0.15, -0.1) is 0 Å². The van der Waals surface area contributed by atoms with Gasteiger partial charge < -0.3 is 0 Å². The van der Waals surface area contributed by atoms with Crippen LogP contribution in [0.3, 0.4) is 0 Å². The van der Waals surface area contributed by atoms with Crippen molar-refractivity contribution in [3.63, 3.8) is 0 Å². The quantitative estimate of drug-likeness (QED) is 0.242. The summed E-state index contributed by atoms with van der Waals surface area (Å²) in [6.07, 6.45) is 16.0. The zero-order valence-electron chi connectivity index (χ0n) is 20.2. The summed E-state index contributed by atoms with van der Waals surface area (Å²) in [5.74, 6) is 14.7. The Morgan fingerprint density at radius 1 is 0.233 bits per heavy atom. The first kappa shape index (κ1) is 35.2. The van der Waals surface area contributed by atoms with Crippen LogP contribution in [-0.2, 0) is 0 Å². The van der Waals surface area contributed by atoms with Gasteiger partial charge in [-0.1, -0.05) is 69.2 Å². The van der Waals surface area contributed by atoms with Gasteiger partial charge in [0.2, 0.25) is 0 Å². The van der Waals surface area contributed by atoms with Gasteiger partial charge in [-0.05, 0) is 111 Å². The predicted octanol–water partition coefficient (Wildman–Crippen LogP) is 7.58. The van der Waals surface area contributed by atoms with Crippen molar-refractivity contribution in [3.8, 4) is 0 Å². The van der Waals surface area contributed by atoms with E-state index in [1.54, 1.807) is 0 Å². The van der Waals surface area contributed by atoms with Gasteiger partial charge in [0, 0.05) is 93.8 Å². The summed E-state index contributed by atoms with van der Waals surface area (Å²) < 4.78 is 0. The third-order valence-electron chi connectivity index (χ3n) is 6.51. The van der Waals surface area contributed by atoms with Crippen LogP contribution >= 0.6 is 0 Å². The first-order valence-corrected chi connectivity index (χ1v) is 10.2. The van der Waals surface area contributed by atoms with Crippen molar-refractivity contribution in [2.75, 3.05) is 0 Å². The van der Waals surface area contributed by atoms with Crippen molar-refractivity contribution < 1.29 is 93.8 Å². The summed E-state index contributed by atoms with van der Waals surface area (Å²) in [6, 6.07) is 0. The molecule has 0 nitrogen and oxygen atoms in total. The van der Waals surface area contributed by atoms with Gasteiger partial charge in [0.05, 0.1) is 0 Å². The van der Waals surface area contributed by atoms with Crippen LogP contribution in [0.1, 0.15) is 69.2 Å². The molecule has 0 atom stereocenters. The Kier molecular flexibility index (Phi) is 21.5. The molecular weight excluding hydrogens is 682 g/mol. The van der Waals surface area contributed by atoms with Crippen molar-refractivity contribution in [3.05, 3.63) is 111 Å². The van der Waals surface area contributed by atoms with Gasteiger partial charge in [-0.2, -0.15) is 0 Å². The summed E-state index contributed by atoms with van der Waals surface area (Å²) in [5.41, 5.74) is 0. The first-order chi connectivity index (χ1) is 13.1. The molecule has 0 amide bonds. The van der Waals surface area contributed by atoms with E-state index in [1.807, 2.05) is 51.4 Å². The Morgan fingerprint density at radius 3 is 0.367 bits per heavy atom. The molecule has 0 unspecified atom stereocenters. The van der Waals surface area contributed by atoms with Crippen LogP contribution in [-0.4, -0.2) is 0 Å². The van der Waals surface area contributed by atoms with E-state index in [0.29, 0.717) is 0 Å². The fourth-order valence-electron chi connectivity index (χ4n) is 3.33. The second-order valence-corrected chi connectivity index (χ2v) is 7.79. The van der Waals surface area contributed by atoms with Crippen LogP contribution in [0.2, 0.25) is 0 Å². The maximum absolute atomic E-state index is 2.20. The molecule has 0 aromatic heterocycles. The molecule has 30 heavy (non-hydrogen) atoms. The molecule has 0 aliphatic heterocycles. The smallest absolute Gasteiger partial charge is 0 e. The normalized spacial score (nSPS) is 25.4. The molecule has 0 aromatic rings. The molecule has 0 saturated heterocycles. The molecule has 0 heterocycles. The average molecular weight is 721 g/mol. The monoisotopic (exact) mass is 722 g/mol. The predicted molar refractivity (Wildman–Crippen MR) is 124 cm³/mol. The zero-order valence-corrected chi connectivity index (χ0v) is 23.6. The fourth-order valence-corrected chi connectivity index (χ4v) is 3.33. The Morgan fingerprint density at radius 2 is 0.300 bits per heavy atom. The van der Waals surface area contributed by atoms with Gasteiger partial charge in [0.1, 0.15) is 0 Å². The molecule has 0 N–H and O–H groups in total. The van der Waals surface area contributed by atoms with Gasteiger partial charge in [0.15, 0.2) is 0 Å². The van der Waals surface area contributed by atoms with Crippen LogP contribution in [0.15, 0.2) is 0 Å². The van der Waals surface area contributed by atoms with Crippen molar-refractivity contribution >= 4 is 0 Å². The number of rotatable bonds is 0. The van der Waals surface area contributed by atoms with Gasteiger partial charge in [-0.25, -0.2) is 0 Å². The minimum atomic E-state index is 0. The van der Waals surface area contributed by atoms with E-state index in [4.69, 9.17) is 0 Å². The summed E-state index contributed by atoms with van der Waals surface area (Å²) in [4.78, 5) is 0. The maximum atomic E-state index is 2.20. The van der Waals surface area contributed by atoms with Crippen LogP contribution in [0.4, 0.5) is 0 Å². The van der Waals surface area contributed by atoms with E-state index in [-0.39, 0.29) is 93.8 Å². The SMILES string of the molecule is C[C]1[C](C)[C](C)[C](C)[C]1C.C[C]1[C](C)[C](C)[C](C)[C]1C.[CH]1[CH][CH][CH][CH][CH][CH][CH]1.[Yb].[Yb]. The van der Waals surface area contributed by atoms with E-state index in [2.05, 4.69) is 69.2 Å². The average Bonchev–Trinajstić information content (AvgIpc) is 2.93. The Labute approximate surface area is 269 Å². The minimum absolute atomic E-state index is 0. The topological polar surface area (TPSA) is 0 Å². The van der Waals surface area contributed by atoms with E-state index in [1.165, 1.54) is 59.2 Å². The minimum Gasteiger partial charge on any atom is -0.0579 e. The molecule has 0 aromatic carbocycles. The van der Waals surface area contributed by atoms with Crippen molar-refractivity contribution in [1.82, 2.24) is 0 Å². The van der Waals surface area contributed by atoms with E-state index >= 15 is 0 Å². The first-order valence-electron chi connectivity index (χ1n) is 10.2.